The average Bonchev–Trinajstić information content (AvgIpc) is 2.40. The van der Waals surface area contributed by atoms with Crippen LogP contribution in [0, 0.1) is 5.92 Å². The second-order valence-electron chi connectivity index (χ2n) is 5.67. The molecule has 1 aliphatic rings. The highest BCUT2D eigenvalue weighted by Crippen LogP contribution is 2.33. The van der Waals surface area contributed by atoms with Crippen LogP contribution in [0.4, 0.5) is 5.69 Å². The first-order chi connectivity index (χ1) is 8.63. The molecule has 0 bridgehead atoms. The summed E-state index contributed by atoms with van der Waals surface area (Å²) in [5, 5.41) is 10.2. The predicted molar refractivity (Wildman–Crippen MR) is 76.9 cm³/mol. The molecule has 1 fully saturated rings. The van der Waals surface area contributed by atoms with Crippen molar-refractivity contribution in [3.63, 3.8) is 0 Å². The van der Waals surface area contributed by atoms with Crippen LogP contribution in [0.15, 0.2) is 24.3 Å². The van der Waals surface area contributed by atoms with Crippen molar-refractivity contribution in [1.29, 1.82) is 0 Å². The van der Waals surface area contributed by atoms with E-state index in [-0.39, 0.29) is 6.10 Å². The summed E-state index contributed by atoms with van der Waals surface area (Å²) in [5.41, 5.74) is 2.31. The number of hydrogen-bond acceptors (Lipinski definition) is 2. The maximum Gasteiger partial charge on any atom is 0.0807 e. The Bertz CT molecular complexity index is 390. The lowest BCUT2D eigenvalue weighted by molar-refractivity contribution is 0.173. The van der Waals surface area contributed by atoms with Gasteiger partial charge in [0.05, 0.1) is 6.10 Å². The topological polar surface area (TPSA) is 23.5 Å². The van der Waals surface area contributed by atoms with Crippen LogP contribution >= 0.6 is 0 Å². The summed E-state index contributed by atoms with van der Waals surface area (Å²) < 4.78 is 0. The highest BCUT2D eigenvalue weighted by molar-refractivity contribution is 5.55. The highest BCUT2D eigenvalue weighted by Gasteiger charge is 2.25. The quantitative estimate of drug-likeness (QED) is 0.879. The van der Waals surface area contributed by atoms with Crippen molar-refractivity contribution in [2.24, 2.45) is 5.92 Å². The first-order valence-electron chi connectivity index (χ1n) is 7.17. The van der Waals surface area contributed by atoms with Crippen LogP contribution in [-0.4, -0.2) is 17.7 Å². The Kier molecular flexibility index (Phi) is 4.28. The van der Waals surface area contributed by atoms with Crippen LogP contribution in [0.5, 0.6) is 0 Å². The smallest absolute Gasteiger partial charge is 0.0807 e. The van der Waals surface area contributed by atoms with Crippen LogP contribution in [0.3, 0.4) is 0 Å². The lowest BCUT2D eigenvalue weighted by Gasteiger charge is -2.40. The molecule has 1 aliphatic heterocycles. The molecule has 2 unspecified atom stereocenters. The predicted octanol–water partition coefficient (Wildman–Crippen LogP) is 3.75. The van der Waals surface area contributed by atoms with E-state index < -0.39 is 0 Å². The van der Waals surface area contributed by atoms with Gasteiger partial charge in [-0.15, -0.1) is 0 Å². The molecule has 2 heteroatoms. The van der Waals surface area contributed by atoms with Gasteiger partial charge in [-0.05, 0) is 38.2 Å². The molecule has 0 aromatic heterocycles. The molecule has 18 heavy (non-hydrogen) atoms. The molecule has 100 valence electrons. The Morgan fingerprint density at radius 3 is 2.72 bits per heavy atom. The van der Waals surface area contributed by atoms with Crippen molar-refractivity contribution in [3.8, 4) is 0 Å². The van der Waals surface area contributed by atoms with E-state index in [1.165, 1.54) is 18.5 Å². The third-order valence-electron chi connectivity index (χ3n) is 4.11. The SMILES string of the molecule is CC[C@@H](O)c1ccccc1N1CC(C)CCC1C. The first-order valence-corrected chi connectivity index (χ1v) is 7.17. The van der Waals surface area contributed by atoms with Crippen LogP contribution in [0.2, 0.25) is 0 Å². The number of aliphatic hydroxyl groups is 1. The molecular weight excluding hydrogens is 222 g/mol. The van der Waals surface area contributed by atoms with E-state index in [0.29, 0.717) is 6.04 Å². The maximum absolute atomic E-state index is 10.2. The normalized spacial score (nSPS) is 26.1. The Labute approximate surface area is 111 Å². The summed E-state index contributed by atoms with van der Waals surface area (Å²) >= 11 is 0. The monoisotopic (exact) mass is 247 g/mol. The summed E-state index contributed by atoms with van der Waals surface area (Å²) in [6, 6.07) is 8.90. The maximum atomic E-state index is 10.2. The fourth-order valence-electron chi connectivity index (χ4n) is 2.88. The van der Waals surface area contributed by atoms with Gasteiger partial charge in [-0.2, -0.15) is 0 Å². The van der Waals surface area contributed by atoms with Crippen LogP contribution < -0.4 is 4.90 Å². The van der Waals surface area contributed by atoms with E-state index in [1.54, 1.807) is 0 Å². The van der Waals surface area contributed by atoms with E-state index in [9.17, 15) is 5.11 Å². The van der Waals surface area contributed by atoms with E-state index in [1.807, 2.05) is 13.0 Å². The Hall–Kier alpha value is -1.02. The highest BCUT2D eigenvalue weighted by atomic mass is 16.3. The van der Waals surface area contributed by atoms with Gasteiger partial charge in [-0.3, -0.25) is 0 Å². The summed E-state index contributed by atoms with van der Waals surface area (Å²) in [7, 11) is 0. The molecule has 1 heterocycles. The van der Waals surface area contributed by atoms with Crippen molar-refractivity contribution >= 4 is 5.69 Å². The minimum Gasteiger partial charge on any atom is -0.388 e. The Morgan fingerprint density at radius 2 is 2.00 bits per heavy atom. The number of hydrogen-bond donors (Lipinski definition) is 1. The second kappa shape index (κ2) is 5.75. The zero-order valence-corrected chi connectivity index (χ0v) is 11.8. The zero-order valence-electron chi connectivity index (χ0n) is 11.8. The molecule has 0 aliphatic carbocycles. The zero-order chi connectivity index (χ0) is 13.1. The molecule has 0 radical (unpaired) electrons. The van der Waals surface area contributed by atoms with Crippen LogP contribution in [0.1, 0.15) is 51.7 Å². The number of rotatable bonds is 3. The first kappa shape index (κ1) is 13.4. The van der Waals surface area contributed by atoms with Crippen molar-refractivity contribution in [2.45, 2.75) is 52.2 Å². The summed E-state index contributed by atoms with van der Waals surface area (Å²) in [6.45, 7) is 7.75. The van der Waals surface area contributed by atoms with Gasteiger partial charge in [0.1, 0.15) is 0 Å². The second-order valence-corrected chi connectivity index (χ2v) is 5.67. The van der Waals surface area contributed by atoms with Gasteiger partial charge >= 0.3 is 0 Å². The van der Waals surface area contributed by atoms with Crippen LogP contribution in [-0.2, 0) is 0 Å². The largest absolute Gasteiger partial charge is 0.388 e. The fourth-order valence-corrected chi connectivity index (χ4v) is 2.88. The molecule has 2 rings (SSSR count). The summed E-state index contributed by atoms with van der Waals surface area (Å²) in [6.07, 6.45) is 2.99. The number of benzene rings is 1. The Balaban J connectivity index is 2.31. The number of aliphatic hydroxyl groups excluding tert-OH is 1. The molecule has 0 saturated carbocycles. The van der Waals surface area contributed by atoms with Gasteiger partial charge in [-0.25, -0.2) is 0 Å². The van der Waals surface area contributed by atoms with E-state index in [4.69, 9.17) is 0 Å². The lowest BCUT2D eigenvalue weighted by Crippen LogP contribution is -2.41. The van der Waals surface area contributed by atoms with Crippen molar-refractivity contribution in [2.75, 3.05) is 11.4 Å². The van der Waals surface area contributed by atoms with Gasteiger partial charge < -0.3 is 10.0 Å². The standard InChI is InChI=1S/C16H25NO/c1-4-16(18)14-7-5-6-8-15(14)17-11-12(2)9-10-13(17)3/h5-8,12-13,16,18H,4,9-11H2,1-3H3/t12?,13?,16-/m1/s1. The molecule has 2 nitrogen and oxygen atoms in total. The van der Waals surface area contributed by atoms with Gasteiger partial charge in [0.15, 0.2) is 0 Å². The molecule has 1 aromatic carbocycles. The third-order valence-corrected chi connectivity index (χ3v) is 4.11. The minimum absolute atomic E-state index is 0.342. The van der Waals surface area contributed by atoms with E-state index >= 15 is 0 Å². The number of nitrogens with zero attached hydrogens (tertiary/aromatic N) is 1. The molecule has 1 saturated heterocycles. The average molecular weight is 247 g/mol. The summed E-state index contributed by atoms with van der Waals surface area (Å²) in [4.78, 5) is 2.47. The molecular formula is C16H25NO. The van der Waals surface area contributed by atoms with Crippen molar-refractivity contribution < 1.29 is 5.11 Å². The number of para-hydroxylation sites is 1. The Morgan fingerprint density at radius 1 is 1.28 bits per heavy atom. The molecule has 0 spiro atoms. The fraction of sp³-hybridized carbons (Fsp3) is 0.625. The van der Waals surface area contributed by atoms with Gasteiger partial charge in [0, 0.05) is 23.8 Å². The van der Waals surface area contributed by atoms with E-state index in [0.717, 1.165) is 24.4 Å². The van der Waals surface area contributed by atoms with Gasteiger partial charge in [0.2, 0.25) is 0 Å². The summed E-state index contributed by atoms with van der Waals surface area (Å²) in [5.74, 6) is 0.744. The molecule has 1 N–H and O–H groups in total. The van der Waals surface area contributed by atoms with Gasteiger partial charge in [0.25, 0.3) is 0 Å². The molecule has 0 amide bonds. The lowest BCUT2D eigenvalue weighted by atomic mass is 9.93. The number of piperidine rings is 1. The van der Waals surface area contributed by atoms with Crippen molar-refractivity contribution in [3.05, 3.63) is 29.8 Å². The minimum atomic E-state index is -0.342. The molecule has 3 atom stereocenters. The van der Waals surface area contributed by atoms with Gasteiger partial charge in [-0.1, -0.05) is 32.0 Å². The number of anilines is 1. The van der Waals surface area contributed by atoms with Crippen LogP contribution in [0.25, 0.3) is 0 Å². The van der Waals surface area contributed by atoms with E-state index in [2.05, 4.69) is 36.9 Å². The van der Waals surface area contributed by atoms with Crippen molar-refractivity contribution in [1.82, 2.24) is 0 Å². The third kappa shape index (κ3) is 2.69. The molecule has 1 aromatic rings.